The van der Waals surface area contributed by atoms with Crippen LogP contribution in [0.2, 0.25) is 0 Å². The van der Waals surface area contributed by atoms with E-state index in [2.05, 4.69) is 26.8 Å². The lowest BCUT2D eigenvalue weighted by Crippen LogP contribution is -2.10. The number of hydrogen-bond donors (Lipinski definition) is 0. The van der Waals surface area contributed by atoms with E-state index in [0.717, 1.165) is 18.4 Å². The van der Waals surface area contributed by atoms with Gasteiger partial charge >= 0.3 is 0 Å². The second-order valence-corrected chi connectivity index (χ2v) is 4.68. The van der Waals surface area contributed by atoms with E-state index in [1.807, 2.05) is 6.07 Å². The van der Waals surface area contributed by atoms with E-state index >= 15 is 0 Å². The van der Waals surface area contributed by atoms with E-state index < -0.39 is 0 Å². The van der Waals surface area contributed by atoms with Gasteiger partial charge in [0, 0.05) is 5.41 Å². The topological polar surface area (TPSA) is 0 Å². The summed E-state index contributed by atoms with van der Waals surface area (Å²) in [5.74, 6) is -0.151. The molecule has 15 heavy (non-hydrogen) atoms. The number of hydrogen-bond acceptors (Lipinski definition) is 0. The minimum Gasteiger partial charge on any atom is -0.207 e. The van der Waals surface area contributed by atoms with Gasteiger partial charge in [-0.05, 0) is 41.7 Å². The fourth-order valence-electron chi connectivity index (χ4n) is 2.33. The molecule has 79 valence electrons. The first-order valence-corrected chi connectivity index (χ1v) is 5.36. The third-order valence-electron chi connectivity index (χ3n) is 3.00. The Bertz CT molecular complexity index is 413. The van der Waals surface area contributed by atoms with Gasteiger partial charge in [-0.25, -0.2) is 4.39 Å². The Morgan fingerprint density at radius 1 is 1.33 bits per heavy atom. The zero-order valence-corrected chi connectivity index (χ0v) is 9.31. The molecule has 0 spiro atoms. The molecule has 0 nitrogen and oxygen atoms in total. The molecule has 2 rings (SSSR count). The third-order valence-corrected chi connectivity index (χ3v) is 3.00. The molecule has 1 aromatic rings. The average Bonchev–Trinajstić information content (AvgIpc) is 2.39. The van der Waals surface area contributed by atoms with Crippen molar-refractivity contribution in [2.45, 2.75) is 32.1 Å². The number of benzene rings is 1. The van der Waals surface area contributed by atoms with Gasteiger partial charge in [0.25, 0.3) is 0 Å². The Hall–Kier alpha value is -1.11. The summed E-state index contributed by atoms with van der Waals surface area (Å²) in [6, 6.07) is 5.09. The van der Waals surface area contributed by atoms with E-state index in [1.165, 1.54) is 11.1 Å². The Morgan fingerprint density at radius 3 is 2.73 bits per heavy atom. The standard InChI is InChI=1S/C14H16F/c1-4-5-10-9-14(2,3)13-7-6-11(15)8-12(10)13/h6-9H,1,4-5H2,2-3H3. The molecule has 0 fully saturated rings. The highest BCUT2D eigenvalue weighted by atomic mass is 19.1. The molecule has 1 heteroatoms. The minimum absolute atomic E-state index is 0.0353. The molecule has 0 unspecified atom stereocenters. The molecule has 0 heterocycles. The molecule has 0 amide bonds. The summed E-state index contributed by atoms with van der Waals surface area (Å²) in [4.78, 5) is 0. The molecule has 1 aromatic carbocycles. The van der Waals surface area contributed by atoms with E-state index in [0.29, 0.717) is 0 Å². The Balaban J connectivity index is 2.53. The quantitative estimate of drug-likeness (QED) is 0.678. The molecule has 0 saturated heterocycles. The van der Waals surface area contributed by atoms with Gasteiger partial charge in [-0.2, -0.15) is 0 Å². The number of halogens is 1. The van der Waals surface area contributed by atoms with Crippen LogP contribution in [0.15, 0.2) is 24.3 Å². The fraction of sp³-hybridized carbons (Fsp3) is 0.357. The van der Waals surface area contributed by atoms with Crippen molar-refractivity contribution < 1.29 is 4.39 Å². The zero-order chi connectivity index (χ0) is 11.1. The van der Waals surface area contributed by atoms with Crippen LogP contribution in [0.4, 0.5) is 4.39 Å². The Kier molecular flexibility index (Phi) is 2.41. The van der Waals surface area contributed by atoms with Gasteiger partial charge in [-0.15, -0.1) is 0 Å². The van der Waals surface area contributed by atoms with Crippen molar-refractivity contribution in [2.24, 2.45) is 0 Å². The van der Waals surface area contributed by atoms with Crippen LogP contribution < -0.4 is 0 Å². The maximum atomic E-state index is 13.2. The summed E-state index contributed by atoms with van der Waals surface area (Å²) in [6.45, 7) is 8.19. The van der Waals surface area contributed by atoms with Crippen molar-refractivity contribution in [1.29, 1.82) is 0 Å². The smallest absolute Gasteiger partial charge is 0.123 e. The second kappa shape index (κ2) is 3.48. The first-order chi connectivity index (χ1) is 7.04. The van der Waals surface area contributed by atoms with Gasteiger partial charge in [0.15, 0.2) is 0 Å². The van der Waals surface area contributed by atoms with E-state index in [9.17, 15) is 4.39 Å². The molecule has 0 N–H and O–H groups in total. The van der Waals surface area contributed by atoms with Crippen molar-refractivity contribution >= 4 is 5.57 Å². The first kappa shape index (κ1) is 10.4. The summed E-state index contributed by atoms with van der Waals surface area (Å²) in [7, 11) is 0. The predicted octanol–water partition coefficient (Wildman–Crippen LogP) is 4.11. The van der Waals surface area contributed by atoms with Crippen LogP contribution in [-0.4, -0.2) is 0 Å². The van der Waals surface area contributed by atoms with E-state index in [-0.39, 0.29) is 11.2 Å². The largest absolute Gasteiger partial charge is 0.207 e. The minimum atomic E-state index is -0.151. The first-order valence-electron chi connectivity index (χ1n) is 5.36. The SMILES string of the molecule is [CH2]CCC1=CC(C)(C)c2ccc(F)cc21. The molecule has 0 saturated carbocycles. The molecule has 1 aliphatic carbocycles. The highest BCUT2D eigenvalue weighted by Crippen LogP contribution is 2.42. The Morgan fingerprint density at radius 2 is 2.07 bits per heavy atom. The molecule has 0 bridgehead atoms. The van der Waals surface area contributed by atoms with Crippen LogP contribution in [0.1, 0.15) is 37.8 Å². The summed E-state index contributed by atoms with van der Waals surface area (Å²) in [6.07, 6.45) is 4.03. The molecule has 0 aromatic heterocycles. The van der Waals surface area contributed by atoms with Crippen LogP contribution >= 0.6 is 0 Å². The second-order valence-electron chi connectivity index (χ2n) is 4.68. The molecule has 1 aliphatic rings. The lowest BCUT2D eigenvalue weighted by molar-refractivity contribution is 0.622. The van der Waals surface area contributed by atoms with Crippen molar-refractivity contribution in [3.63, 3.8) is 0 Å². The predicted molar refractivity (Wildman–Crippen MR) is 62.0 cm³/mol. The molecular formula is C14H16F. The summed E-state index contributed by atoms with van der Waals surface area (Å²) in [5.41, 5.74) is 3.58. The lowest BCUT2D eigenvalue weighted by Gasteiger charge is -2.17. The van der Waals surface area contributed by atoms with Gasteiger partial charge in [0.1, 0.15) is 5.82 Å². The van der Waals surface area contributed by atoms with Crippen molar-refractivity contribution in [1.82, 2.24) is 0 Å². The van der Waals surface area contributed by atoms with Crippen molar-refractivity contribution in [3.8, 4) is 0 Å². The summed E-state index contributed by atoms with van der Waals surface area (Å²) >= 11 is 0. The Labute approximate surface area is 90.8 Å². The number of fused-ring (bicyclic) bond motifs is 1. The van der Waals surface area contributed by atoms with Gasteiger partial charge < -0.3 is 0 Å². The number of rotatable bonds is 2. The van der Waals surface area contributed by atoms with Crippen molar-refractivity contribution in [3.05, 3.63) is 48.1 Å². The fourth-order valence-corrected chi connectivity index (χ4v) is 2.33. The van der Waals surface area contributed by atoms with Crippen LogP contribution in [0.3, 0.4) is 0 Å². The van der Waals surface area contributed by atoms with E-state index in [4.69, 9.17) is 0 Å². The lowest BCUT2D eigenvalue weighted by atomic mass is 9.87. The van der Waals surface area contributed by atoms with Crippen LogP contribution in [0.25, 0.3) is 5.57 Å². The molecule has 1 radical (unpaired) electrons. The van der Waals surface area contributed by atoms with Crippen LogP contribution in [0.5, 0.6) is 0 Å². The highest BCUT2D eigenvalue weighted by molar-refractivity contribution is 5.76. The van der Waals surface area contributed by atoms with Gasteiger partial charge in [0.05, 0.1) is 0 Å². The maximum Gasteiger partial charge on any atom is 0.123 e. The third kappa shape index (κ3) is 1.71. The normalized spacial score (nSPS) is 17.5. The van der Waals surface area contributed by atoms with Gasteiger partial charge in [0.2, 0.25) is 0 Å². The van der Waals surface area contributed by atoms with Gasteiger partial charge in [-0.3, -0.25) is 0 Å². The summed E-state index contributed by atoms with van der Waals surface area (Å²) in [5, 5.41) is 0. The zero-order valence-electron chi connectivity index (χ0n) is 9.31. The number of allylic oxidation sites excluding steroid dienone is 2. The molecule has 0 atom stereocenters. The van der Waals surface area contributed by atoms with E-state index in [1.54, 1.807) is 12.1 Å². The monoisotopic (exact) mass is 203 g/mol. The van der Waals surface area contributed by atoms with Crippen molar-refractivity contribution in [2.75, 3.05) is 0 Å². The van der Waals surface area contributed by atoms with Crippen LogP contribution in [0, 0.1) is 12.7 Å². The van der Waals surface area contributed by atoms with Crippen LogP contribution in [-0.2, 0) is 5.41 Å². The molecular weight excluding hydrogens is 187 g/mol. The molecule has 0 aliphatic heterocycles. The average molecular weight is 203 g/mol. The highest BCUT2D eigenvalue weighted by Gasteiger charge is 2.29. The maximum absolute atomic E-state index is 13.2. The van der Waals surface area contributed by atoms with Gasteiger partial charge in [-0.1, -0.05) is 32.9 Å². The summed E-state index contributed by atoms with van der Waals surface area (Å²) < 4.78 is 13.2.